The Kier molecular flexibility index (Phi) is 3.57. The van der Waals surface area contributed by atoms with E-state index in [9.17, 15) is 0 Å². The summed E-state index contributed by atoms with van der Waals surface area (Å²) in [5.74, 6) is 1.90. The van der Waals surface area contributed by atoms with Gasteiger partial charge in [0.2, 0.25) is 11.7 Å². The lowest BCUT2D eigenvalue weighted by Crippen LogP contribution is -2.43. The number of aromatic nitrogens is 2. The minimum Gasteiger partial charge on any atom is -0.369 e. The van der Waals surface area contributed by atoms with Crippen LogP contribution in [0.5, 0.6) is 0 Å². The van der Waals surface area contributed by atoms with Crippen molar-refractivity contribution in [1.82, 2.24) is 15.5 Å². The maximum absolute atomic E-state index is 5.48. The molecule has 1 aliphatic heterocycles. The zero-order valence-corrected chi connectivity index (χ0v) is 10.9. The third-order valence-electron chi connectivity index (χ3n) is 3.39. The van der Waals surface area contributed by atoms with Crippen LogP contribution in [0, 0.1) is 5.92 Å². The predicted octanol–water partition coefficient (Wildman–Crippen LogP) is 1.57. The Morgan fingerprint density at radius 1 is 1.37 bits per heavy atom. The van der Waals surface area contributed by atoms with Gasteiger partial charge in [-0.05, 0) is 24.6 Å². The number of methoxy groups -OCH3 is 1. The van der Waals surface area contributed by atoms with Gasteiger partial charge in [0.05, 0.1) is 0 Å². The average molecular weight is 259 g/mol. The Hall–Kier alpha value is -1.72. The molecule has 0 bridgehead atoms. The van der Waals surface area contributed by atoms with E-state index in [0.717, 1.165) is 25.1 Å². The first-order valence-electron chi connectivity index (χ1n) is 6.47. The molecule has 0 spiro atoms. The lowest BCUT2D eigenvalue weighted by molar-refractivity contribution is 0.126. The van der Waals surface area contributed by atoms with Crippen molar-refractivity contribution >= 4 is 0 Å². The molecule has 19 heavy (non-hydrogen) atoms. The van der Waals surface area contributed by atoms with Gasteiger partial charge >= 0.3 is 0 Å². The van der Waals surface area contributed by atoms with Crippen molar-refractivity contribution in [3.8, 4) is 0 Å². The van der Waals surface area contributed by atoms with Crippen molar-refractivity contribution in [3.05, 3.63) is 47.6 Å². The van der Waals surface area contributed by atoms with E-state index in [1.807, 2.05) is 30.3 Å². The maximum Gasteiger partial charge on any atom is 0.227 e. The van der Waals surface area contributed by atoms with Crippen molar-refractivity contribution < 1.29 is 9.26 Å². The molecular formula is C14H17N3O2. The van der Waals surface area contributed by atoms with Gasteiger partial charge in [-0.25, -0.2) is 0 Å². The van der Waals surface area contributed by atoms with E-state index < -0.39 is 0 Å². The van der Waals surface area contributed by atoms with Gasteiger partial charge in [-0.2, -0.15) is 4.98 Å². The molecule has 1 atom stereocenters. The van der Waals surface area contributed by atoms with Crippen LogP contribution in [-0.2, 0) is 11.2 Å². The standard InChI is InChI=1S/C14H17N3O2/c1-18-13(11-5-3-2-4-6-11)14-16-12(19-17-14)7-10-8-15-9-10/h2-6,10,13,15H,7-9H2,1H3. The quantitative estimate of drug-likeness (QED) is 0.883. The number of ether oxygens (including phenoxy) is 1. The van der Waals surface area contributed by atoms with E-state index in [4.69, 9.17) is 9.26 Å². The summed E-state index contributed by atoms with van der Waals surface area (Å²) in [4.78, 5) is 4.45. The lowest BCUT2D eigenvalue weighted by atomic mass is 10.00. The van der Waals surface area contributed by atoms with Crippen LogP contribution in [0.1, 0.15) is 23.4 Å². The number of rotatable bonds is 5. The van der Waals surface area contributed by atoms with E-state index in [-0.39, 0.29) is 6.10 Å². The van der Waals surface area contributed by atoms with Crippen LogP contribution in [0.25, 0.3) is 0 Å². The minimum atomic E-state index is -0.266. The average Bonchev–Trinajstić information content (AvgIpc) is 2.85. The molecule has 1 aromatic carbocycles. The fourth-order valence-corrected chi connectivity index (χ4v) is 2.22. The molecule has 2 aromatic rings. The summed E-state index contributed by atoms with van der Waals surface area (Å²) in [5.41, 5.74) is 1.03. The Labute approximate surface area is 112 Å². The highest BCUT2D eigenvalue weighted by Gasteiger charge is 2.23. The summed E-state index contributed by atoms with van der Waals surface area (Å²) >= 11 is 0. The second-order valence-electron chi connectivity index (χ2n) is 4.80. The number of nitrogens with one attached hydrogen (secondary N) is 1. The summed E-state index contributed by atoms with van der Waals surface area (Å²) in [6.07, 6.45) is 0.573. The largest absolute Gasteiger partial charge is 0.369 e. The van der Waals surface area contributed by atoms with Crippen molar-refractivity contribution in [2.45, 2.75) is 12.5 Å². The van der Waals surface area contributed by atoms with Crippen molar-refractivity contribution in [2.75, 3.05) is 20.2 Å². The van der Waals surface area contributed by atoms with Crippen LogP contribution in [-0.4, -0.2) is 30.3 Å². The van der Waals surface area contributed by atoms with Crippen LogP contribution in [0.15, 0.2) is 34.9 Å². The van der Waals surface area contributed by atoms with Gasteiger partial charge in [-0.1, -0.05) is 35.5 Å². The number of hydrogen-bond donors (Lipinski definition) is 1. The Balaban J connectivity index is 1.76. The van der Waals surface area contributed by atoms with Gasteiger partial charge in [-0.15, -0.1) is 0 Å². The first-order valence-corrected chi connectivity index (χ1v) is 6.47. The predicted molar refractivity (Wildman–Crippen MR) is 69.7 cm³/mol. The summed E-state index contributed by atoms with van der Waals surface area (Å²) in [5, 5.41) is 7.28. The highest BCUT2D eigenvalue weighted by molar-refractivity contribution is 5.22. The number of benzene rings is 1. The van der Waals surface area contributed by atoms with E-state index >= 15 is 0 Å². The van der Waals surface area contributed by atoms with Crippen LogP contribution in [0.4, 0.5) is 0 Å². The third kappa shape index (κ3) is 2.67. The summed E-state index contributed by atoms with van der Waals surface area (Å²) < 4.78 is 10.8. The second-order valence-corrected chi connectivity index (χ2v) is 4.80. The van der Waals surface area contributed by atoms with Gasteiger partial charge in [0.15, 0.2) is 0 Å². The topological polar surface area (TPSA) is 60.2 Å². The molecule has 1 saturated heterocycles. The molecule has 0 amide bonds. The third-order valence-corrected chi connectivity index (χ3v) is 3.39. The van der Waals surface area contributed by atoms with Crippen molar-refractivity contribution in [3.63, 3.8) is 0 Å². The Morgan fingerprint density at radius 3 is 2.79 bits per heavy atom. The zero-order valence-electron chi connectivity index (χ0n) is 10.9. The minimum absolute atomic E-state index is 0.266. The lowest BCUT2D eigenvalue weighted by Gasteiger charge is -2.25. The monoisotopic (exact) mass is 259 g/mol. The first kappa shape index (κ1) is 12.3. The molecule has 100 valence electrons. The molecule has 5 heteroatoms. The molecule has 0 aliphatic carbocycles. The van der Waals surface area contributed by atoms with Gasteiger partial charge in [0.25, 0.3) is 0 Å². The van der Waals surface area contributed by atoms with Gasteiger partial charge < -0.3 is 14.6 Å². The molecule has 0 saturated carbocycles. The Bertz CT molecular complexity index is 522. The summed E-state index contributed by atoms with van der Waals surface area (Å²) in [7, 11) is 1.66. The van der Waals surface area contributed by atoms with Crippen LogP contribution in [0.3, 0.4) is 0 Å². The number of nitrogens with zero attached hydrogens (tertiary/aromatic N) is 2. The second kappa shape index (κ2) is 5.50. The SMILES string of the molecule is COC(c1ccccc1)c1noc(CC2CNC2)n1. The van der Waals surface area contributed by atoms with Gasteiger partial charge in [0, 0.05) is 13.5 Å². The molecular weight excluding hydrogens is 242 g/mol. The van der Waals surface area contributed by atoms with Crippen LogP contribution < -0.4 is 5.32 Å². The van der Waals surface area contributed by atoms with Gasteiger partial charge in [-0.3, -0.25) is 0 Å². The molecule has 1 N–H and O–H groups in total. The fourth-order valence-electron chi connectivity index (χ4n) is 2.22. The van der Waals surface area contributed by atoms with Gasteiger partial charge in [0.1, 0.15) is 6.10 Å². The summed E-state index contributed by atoms with van der Waals surface area (Å²) in [6, 6.07) is 9.92. The Morgan fingerprint density at radius 2 is 2.16 bits per heavy atom. The molecule has 1 aromatic heterocycles. The normalized spacial score (nSPS) is 17.1. The molecule has 1 aliphatic rings. The van der Waals surface area contributed by atoms with E-state index in [1.54, 1.807) is 7.11 Å². The van der Waals surface area contributed by atoms with Crippen molar-refractivity contribution in [1.29, 1.82) is 0 Å². The van der Waals surface area contributed by atoms with Crippen LogP contribution >= 0.6 is 0 Å². The van der Waals surface area contributed by atoms with E-state index in [0.29, 0.717) is 17.6 Å². The first-order chi connectivity index (χ1) is 9.36. The molecule has 1 unspecified atom stereocenters. The maximum atomic E-state index is 5.48. The highest BCUT2D eigenvalue weighted by atomic mass is 16.5. The van der Waals surface area contributed by atoms with Crippen molar-refractivity contribution in [2.24, 2.45) is 5.92 Å². The highest BCUT2D eigenvalue weighted by Crippen LogP contribution is 2.23. The molecule has 5 nitrogen and oxygen atoms in total. The van der Waals surface area contributed by atoms with E-state index in [1.165, 1.54) is 0 Å². The smallest absolute Gasteiger partial charge is 0.227 e. The molecule has 1 fully saturated rings. The molecule has 0 radical (unpaired) electrons. The fraction of sp³-hybridized carbons (Fsp3) is 0.429. The molecule has 3 rings (SSSR count). The zero-order chi connectivity index (χ0) is 13.1. The van der Waals surface area contributed by atoms with E-state index in [2.05, 4.69) is 15.5 Å². The molecule has 2 heterocycles. The van der Waals surface area contributed by atoms with Crippen LogP contribution in [0.2, 0.25) is 0 Å². The summed E-state index contributed by atoms with van der Waals surface area (Å²) in [6.45, 7) is 2.06. The number of hydrogen-bond acceptors (Lipinski definition) is 5.